The largest absolute Gasteiger partial charge is 0.445 e. The zero-order valence-electron chi connectivity index (χ0n) is 13.6. The van der Waals surface area contributed by atoms with E-state index in [1.54, 1.807) is 6.07 Å². The van der Waals surface area contributed by atoms with E-state index in [0.29, 0.717) is 13.0 Å². The van der Waals surface area contributed by atoms with Crippen LogP contribution in [0.25, 0.3) is 6.08 Å². The molecule has 2 aromatic rings. The molecule has 1 amide bonds. The maximum absolute atomic E-state index is 13.4. The van der Waals surface area contributed by atoms with Crippen LogP contribution in [-0.2, 0) is 11.3 Å². The molecule has 2 aromatic carbocycles. The molecule has 0 bridgehead atoms. The molecule has 5 heteroatoms. The number of hydrogen-bond acceptors (Lipinski definition) is 3. The first-order chi connectivity index (χ1) is 11.6. The second-order valence-corrected chi connectivity index (χ2v) is 5.41. The van der Waals surface area contributed by atoms with E-state index in [1.165, 1.54) is 6.07 Å². The van der Waals surface area contributed by atoms with Crippen molar-refractivity contribution in [2.24, 2.45) is 0 Å². The zero-order chi connectivity index (χ0) is 17.4. The molecule has 0 heterocycles. The van der Waals surface area contributed by atoms with Gasteiger partial charge in [0.15, 0.2) is 0 Å². The fourth-order valence-corrected chi connectivity index (χ4v) is 2.14. The van der Waals surface area contributed by atoms with Crippen molar-refractivity contribution in [2.75, 3.05) is 12.3 Å². The number of carbonyl (C=O) groups excluding carboxylic acids is 1. The van der Waals surface area contributed by atoms with Crippen molar-refractivity contribution in [1.82, 2.24) is 5.32 Å². The van der Waals surface area contributed by atoms with Gasteiger partial charge in [0.1, 0.15) is 12.4 Å². The molecular formula is C19H21FN2O2. The van der Waals surface area contributed by atoms with Gasteiger partial charge in [0.25, 0.3) is 0 Å². The molecule has 0 aliphatic carbocycles. The van der Waals surface area contributed by atoms with E-state index in [9.17, 15) is 9.18 Å². The highest BCUT2D eigenvalue weighted by molar-refractivity contribution is 5.67. The quantitative estimate of drug-likeness (QED) is 0.621. The molecule has 2 rings (SSSR count). The van der Waals surface area contributed by atoms with E-state index in [4.69, 9.17) is 10.5 Å². The van der Waals surface area contributed by atoms with E-state index in [2.05, 4.69) is 5.32 Å². The summed E-state index contributed by atoms with van der Waals surface area (Å²) in [5.41, 5.74) is 8.27. The lowest BCUT2D eigenvalue weighted by atomic mass is 10.1. The molecule has 0 fully saturated rings. The summed E-state index contributed by atoms with van der Waals surface area (Å²) in [6.07, 6.45) is 3.85. The Balaban J connectivity index is 1.70. The summed E-state index contributed by atoms with van der Waals surface area (Å²) < 4.78 is 18.5. The van der Waals surface area contributed by atoms with Gasteiger partial charge in [0.2, 0.25) is 0 Å². The van der Waals surface area contributed by atoms with Gasteiger partial charge in [0, 0.05) is 6.54 Å². The van der Waals surface area contributed by atoms with Crippen molar-refractivity contribution in [3.63, 3.8) is 0 Å². The number of benzene rings is 2. The number of nitrogens with two attached hydrogens (primary N) is 1. The number of halogens is 1. The monoisotopic (exact) mass is 328 g/mol. The fourth-order valence-electron chi connectivity index (χ4n) is 2.14. The van der Waals surface area contributed by atoms with Gasteiger partial charge in [-0.05, 0) is 42.2 Å². The Morgan fingerprint density at radius 1 is 1.29 bits per heavy atom. The first kappa shape index (κ1) is 17.5. The van der Waals surface area contributed by atoms with Crippen molar-refractivity contribution in [3.05, 3.63) is 71.0 Å². The van der Waals surface area contributed by atoms with Crippen LogP contribution in [0.1, 0.15) is 23.1 Å². The molecule has 0 aliphatic heterocycles. The Bertz CT molecular complexity index is 715. The van der Waals surface area contributed by atoms with Crippen molar-refractivity contribution in [3.8, 4) is 0 Å². The van der Waals surface area contributed by atoms with Gasteiger partial charge >= 0.3 is 6.09 Å². The SMILES string of the molecule is Cc1cc(N)c(F)cc1C=CCCNC(=O)OCc1ccccc1. The van der Waals surface area contributed by atoms with Gasteiger partial charge in [-0.25, -0.2) is 9.18 Å². The minimum atomic E-state index is -0.457. The van der Waals surface area contributed by atoms with Crippen LogP contribution in [-0.4, -0.2) is 12.6 Å². The lowest BCUT2D eigenvalue weighted by Gasteiger charge is -2.06. The number of nitrogens with one attached hydrogen (secondary N) is 1. The Labute approximate surface area is 141 Å². The van der Waals surface area contributed by atoms with Gasteiger partial charge in [-0.3, -0.25) is 0 Å². The normalized spacial score (nSPS) is 10.8. The van der Waals surface area contributed by atoms with Crippen LogP contribution in [0.4, 0.5) is 14.9 Å². The van der Waals surface area contributed by atoms with Crippen molar-refractivity contribution in [2.45, 2.75) is 20.0 Å². The predicted molar refractivity (Wildman–Crippen MR) is 93.8 cm³/mol. The van der Waals surface area contributed by atoms with Crippen molar-refractivity contribution < 1.29 is 13.9 Å². The second kappa shape index (κ2) is 8.72. The number of carbonyl (C=O) groups is 1. The Kier molecular flexibility index (Phi) is 6.37. The van der Waals surface area contributed by atoms with Crippen LogP contribution in [0.5, 0.6) is 0 Å². The van der Waals surface area contributed by atoms with Crippen LogP contribution in [0.3, 0.4) is 0 Å². The van der Waals surface area contributed by atoms with E-state index < -0.39 is 11.9 Å². The number of alkyl carbamates (subject to hydrolysis) is 1. The van der Waals surface area contributed by atoms with E-state index >= 15 is 0 Å². The first-order valence-corrected chi connectivity index (χ1v) is 7.73. The standard InChI is InChI=1S/C19H21FN2O2/c1-14-11-18(21)17(20)12-16(14)9-5-6-10-22-19(23)24-13-15-7-3-2-4-8-15/h2-5,7-9,11-12H,6,10,13,21H2,1H3,(H,22,23). The van der Waals surface area contributed by atoms with Crippen molar-refractivity contribution in [1.29, 1.82) is 0 Å². The minimum absolute atomic E-state index is 0.146. The van der Waals surface area contributed by atoms with Crippen molar-refractivity contribution >= 4 is 17.9 Å². The highest BCUT2D eigenvalue weighted by Gasteiger charge is 2.03. The molecule has 0 atom stereocenters. The number of hydrogen-bond donors (Lipinski definition) is 2. The summed E-state index contributed by atoms with van der Waals surface area (Å²) in [5, 5.41) is 2.67. The lowest BCUT2D eigenvalue weighted by molar-refractivity contribution is 0.140. The molecule has 0 radical (unpaired) electrons. The number of amides is 1. The summed E-state index contributed by atoms with van der Waals surface area (Å²) in [5.74, 6) is -0.428. The molecule has 0 saturated carbocycles. The Morgan fingerprint density at radius 2 is 2.04 bits per heavy atom. The summed E-state index contributed by atoms with van der Waals surface area (Å²) in [6, 6.07) is 12.5. The lowest BCUT2D eigenvalue weighted by Crippen LogP contribution is -2.24. The number of ether oxygens (including phenoxy) is 1. The molecule has 24 heavy (non-hydrogen) atoms. The molecule has 3 N–H and O–H groups in total. The van der Waals surface area contributed by atoms with Crippen LogP contribution in [0.2, 0.25) is 0 Å². The van der Waals surface area contributed by atoms with Gasteiger partial charge < -0.3 is 15.8 Å². The maximum Gasteiger partial charge on any atom is 0.407 e. The van der Waals surface area contributed by atoms with Crippen LogP contribution >= 0.6 is 0 Å². The molecule has 4 nitrogen and oxygen atoms in total. The predicted octanol–water partition coefficient (Wildman–Crippen LogP) is 4.05. The van der Waals surface area contributed by atoms with Crippen LogP contribution in [0.15, 0.2) is 48.5 Å². The van der Waals surface area contributed by atoms with Crippen LogP contribution < -0.4 is 11.1 Å². The summed E-state index contributed by atoms with van der Waals surface area (Å²) in [4.78, 5) is 11.6. The first-order valence-electron chi connectivity index (χ1n) is 7.73. The smallest absolute Gasteiger partial charge is 0.407 e. The summed E-state index contributed by atoms with van der Waals surface area (Å²) in [6.45, 7) is 2.56. The molecule has 0 unspecified atom stereocenters. The number of aryl methyl sites for hydroxylation is 1. The topological polar surface area (TPSA) is 64.3 Å². The molecule has 0 saturated heterocycles. The molecule has 0 aromatic heterocycles. The van der Waals surface area contributed by atoms with E-state index in [-0.39, 0.29) is 12.3 Å². The molecule has 126 valence electrons. The highest BCUT2D eigenvalue weighted by Crippen LogP contribution is 2.18. The fraction of sp³-hybridized carbons (Fsp3) is 0.211. The van der Waals surface area contributed by atoms with Gasteiger partial charge in [-0.15, -0.1) is 0 Å². The Morgan fingerprint density at radius 3 is 2.79 bits per heavy atom. The summed E-state index contributed by atoms with van der Waals surface area (Å²) >= 11 is 0. The zero-order valence-corrected chi connectivity index (χ0v) is 13.6. The van der Waals surface area contributed by atoms with E-state index in [0.717, 1.165) is 16.7 Å². The van der Waals surface area contributed by atoms with E-state index in [1.807, 2.05) is 49.4 Å². The van der Waals surface area contributed by atoms with Gasteiger partial charge in [-0.2, -0.15) is 0 Å². The third-order valence-electron chi connectivity index (χ3n) is 3.48. The summed E-state index contributed by atoms with van der Waals surface area (Å²) in [7, 11) is 0. The minimum Gasteiger partial charge on any atom is -0.445 e. The second-order valence-electron chi connectivity index (χ2n) is 5.41. The number of nitrogen functional groups attached to an aromatic ring is 1. The maximum atomic E-state index is 13.4. The number of rotatable bonds is 6. The average Bonchev–Trinajstić information content (AvgIpc) is 2.58. The molecular weight excluding hydrogens is 307 g/mol. The Hall–Kier alpha value is -2.82. The van der Waals surface area contributed by atoms with Gasteiger partial charge in [0.05, 0.1) is 5.69 Å². The molecule has 0 spiro atoms. The van der Waals surface area contributed by atoms with Crippen LogP contribution in [0, 0.1) is 12.7 Å². The van der Waals surface area contributed by atoms with Gasteiger partial charge in [-0.1, -0.05) is 42.5 Å². The third kappa shape index (κ3) is 5.43. The number of anilines is 1. The highest BCUT2D eigenvalue weighted by atomic mass is 19.1. The average molecular weight is 328 g/mol. The molecule has 0 aliphatic rings. The third-order valence-corrected chi connectivity index (χ3v) is 3.48.